The van der Waals surface area contributed by atoms with E-state index in [4.69, 9.17) is 5.73 Å². The summed E-state index contributed by atoms with van der Waals surface area (Å²) in [5.41, 5.74) is 7.27. The summed E-state index contributed by atoms with van der Waals surface area (Å²) in [6.07, 6.45) is 4.60. The van der Waals surface area contributed by atoms with Crippen molar-refractivity contribution in [3.05, 3.63) is 30.1 Å². The van der Waals surface area contributed by atoms with Gasteiger partial charge in [0, 0.05) is 18.9 Å². The second-order valence-corrected chi connectivity index (χ2v) is 6.84. The molecule has 25 heavy (non-hydrogen) atoms. The van der Waals surface area contributed by atoms with Gasteiger partial charge in [-0.05, 0) is 31.4 Å². The minimum Gasteiger partial charge on any atom is -0.370 e. The van der Waals surface area contributed by atoms with E-state index in [2.05, 4.69) is 16.9 Å². The molecule has 2 amide bonds. The standard InChI is InChI=1S/C19H26N4O2/c1-2-3-7-13(12-17(20)24)19(25)23-11-6-10-16(23)18-21-14-8-4-5-9-15(14)22-18/h4-5,8-9,13,16H,2-3,6-7,10-12H2,1H3,(H2,20,24)(H,21,22)/t13-,16+/m1/s1. The van der Waals surface area contributed by atoms with E-state index in [0.717, 1.165) is 42.5 Å². The predicted octanol–water partition coefficient (Wildman–Crippen LogP) is 2.91. The van der Waals surface area contributed by atoms with Crippen LogP contribution in [0.4, 0.5) is 0 Å². The van der Waals surface area contributed by atoms with Crippen LogP contribution in [0.3, 0.4) is 0 Å². The second-order valence-electron chi connectivity index (χ2n) is 6.84. The van der Waals surface area contributed by atoms with E-state index >= 15 is 0 Å². The first kappa shape index (κ1) is 17.5. The van der Waals surface area contributed by atoms with E-state index in [-0.39, 0.29) is 24.3 Å². The molecule has 1 aliphatic heterocycles. The molecule has 0 aliphatic carbocycles. The first-order chi connectivity index (χ1) is 12.1. The Bertz CT molecular complexity index is 722. The average Bonchev–Trinajstić information content (AvgIpc) is 3.23. The van der Waals surface area contributed by atoms with Crippen molar-refractivity contribution in [2.24, 2.45) is 11.7 Å². The highest BCUT2D eigenvalue weighted by Crippen LogP contribution is 2.33. The molecule has 134 valence electrons. The Balaban J connectivity index is 1.81. The van der Waals surface area contributed by atoms with Gasteiger partial charge in [-0.2, -0.15) is 0 Å². The van der Waals surface area contributed by atoms with Gasteiger partial charge in [0.05, 0.1) is 17.1 Å². The molecule has 0 bridgehead atoms. The van der Waals surface area contributed by atoms with Gasteiger partial charge in [0.1, 0.15) is 5.82 Å². The Kier molecular flexibility index (Phi) is 5.36. The monoisotopic (exact) mass is 342 g/mol. The number of amides is 2. The van der Waals surface area contributed by atoms with Crippen LogP contribution in [0.2, 0.25) is 0 Å². The number of nitrogens with one attached hydrogen (secondary N) is 1. The van der Waals surface area contributed by atoms with Gasteiger partial charge >= 0.3 is 0 Å². The van der Waals surface area contributed by atoms with E-state index in [9.17, 15) is 9.59 Å². The number of rotatable bonds is 7. The van der Waals surface area contributed by atoms with Gasteiger partial charge in [0.15, 0.2) is 0 Å². The summed E-state index contributed by atoms with van der Waals surface area (Å²) in [7, 11) is 0. The van der Waals surface area contributed by atoms with Gasteiger partial charge in [0.25, 0.3) is 0 Å². The first-order valence-electron chi connectivity index (χ1n) is 9.13. The molecule has 1 aromatic carbocycles. The highest BCUT2D eigenvalue weighted by atomic mass is 16.2. The number of likely N-dealkylation sites (tertiary alicyclic amines) is 1. The number of hydrogen-bond donors (Lipinski definition) is 2. The molecule has 6 nitrogen and oxygen atoms in total. The molecular weight excluding hydrogens is 316 g/mol. The molecule has 6 heteroatoms. The number of aromatic amines is 1. The number of carbonyl (C=O) groups is 2. The van der Waals surface area contributed by atoms with Crippen LogP contribution in [0.1, 0.15) is 57.3 Å². The average molecular weight is 342 g/mol. The smallest absolute Gasteiger partial charge is 0.226 e. The molecule has 0 spiro atoms. The van der Waals surface area contributed by atoms with Crippen LogP contribution in [-0.4, -0.2) is 33.2 Å². The SMILES string of the molecule is CCCC[C@H](CC(N)=O)C(=O)N1CCC[C@H]1c1nc2ccccc2[nH]1. The molecule has 1 aromatic heterocycles. The van der Waals surface area contributed by atoms with Crippen molar-refractivity contribution in [3.8, 4) is 0 Å². The maximum atomic E-state index is 13.1. The van der Waals surface area contributed by atoms with E-state index in [1.165, 1.54) is 0 Å². The Morgan fingerprint density at radius 3 is 2.92 bits per heavy atom. The summed E-state index contributed by atoms with van der Waals surface area (Å²) < 4.78 is 0. The number of nitrogens with two attached hydrogens (primary N) is 1. The van der Waals surface area contributed by atoms with Crippen molar-refractivity contribution in [3.63, 3.8) is 0 Å². The van der Waals surface area contributed by atoms with Crippen molar-refractivity contribution >= 4 is 22.8 Å². The zero-order valence-electron chi connectivity index (χ0n) is 14.7. The van der Waals surface area contributed by atoms with Crippen molar-refractivity contribution in [1.82, 2.24) is 14.9 Å². The fourth-order valence-corrected chi connectivity index (χ4v) is 3.69. The molecule has 3 rings (SSSR count). The van der Waals surface area contributed by atoms with Crippen LogP contribution >= 0.6 is 0 Å². The van der Waals surface area contributed by atoms with Gasteiger partial charge < -0.3 is 15.6 Å². The maximum Gasteiger partial charge on any atom is 0.226 e. The lowest BCUT2D eigenvalue weighted by Gasteiger charge is -2.27. The van der Waals surface area contributed by atoms with Crippen LogP contribution < -0.4 is 5.73 Å². The fourth-order valence-electron chi connectivity index (χ4n) is 3.69. The normalized spacial score (nSPS) is 18.6. The van der Waals surface area contributed by atoms with E-state index in [0.29, 0.717) is 13.0 Å². The highest BCUT2D eigenvalue weighted by molar-refractivity contribution is 5.85. The number of benzene rings is 1. The molecule has 0 radical (unpaired) electrons. The minimum absolute atomic E-state index is 0.0372. The summed E-state index contributed by atoms with van der Waals surface area (Å²) in [4.78, 5) is 34.4. The Labute approximate surface area is 147 Å². The predicted molar refractivity (Wildman–Crippen MR) is 96.6 cm³/mol. The molecule has 1 aliphatic rings. The minimum atomic E-state index is -0.408. The third-order valence-corrected chi connectivity index (χ3v) is 4.96. The summed E-state index contributed by atoms with van der Waals surface area (Å²) in [6.45, 7) is 2.79. The van der Waals surface area contributed by atoms with E-state index in [1.54, 1.807) is 0 Å². The lowest BCUT2D eigenvalue weighted by Crippen LogP contribution is -2.37. The zero-order chi connectivity index (χ0) is 17.8. The van der Waals surface area contributed by atoms with Crippen molar-refractivity contribution in [1.29, 1.82) is 0 Å². The third kappa shape index (κ3) is 3.83. The molecular formula is C19H26N4O2. The number of fused-ring (bicyclic) bond motifs is 1. The summed E-state index contributed by atoms with van der Waals surface area (Å²) >= 11 is 0. The maximum absolute atomic E-state index is 13.1. The van der Waals surface area contributed by atoms with Crippen molar-refractivity contribution < 1.29 is 9.59 Å². The number of carbonyl (C=O) groups excluding carboxylic acids is 2. The Hall–Kier alpha value is -2.37. The van der Waals surface area contributed by atoms with Crippen LogP contribution in [0, 0.1) is 5.92 Å². The first-order valence-corrected chi connectivity index (χ1v) is 9.13. The zero-order valence-corrected chi connectivity index (χ0v) is 14.7. The summed E-state index contributed by atoms with van der Waals surface area (Å²) in [5.74, 6) is 0.145. The number of nitrogens with zero attached hydrogens (tertiary/aromatic N) is 2. The molecule has 3 N–H and O–H groups in total. The van der Waals surface area contributed by atoms with Gasteiger partial charge in [0.2, 0.25) is 11.8 Å². The third-order valence-electron chi connectivity index (χ3n) is 4.96. The topological polar surface area (TPSA) is 92.1 Å². The Morgan fingerprint density at radius 1 is 1.40 bits per heavy atom. The second kappa shape index (κ2) is 7.68. The Morgan fingerprint density at radius 2 is 2.20 bits per heavy atom. The molecule has 1 saturated heterocycles. The van der Waals surface area contributed by atoms with Gasteiger partial charge in [-0.15, -0.1) is 0 Å². The number of H-pyrrole nitrogens is 1. The number of hydrogen-bond acceptors (Lipinski definition) is 3. The molecule has 1 fully saturated rings. The largest absolute Gasteiger partial charge is 0.370 e. The molecule has 2 aromatic rings. The van der Waals surface area contributed by atoms with Gasteiger partial charge in [-0.1, -0.05) is 31.9 Å². The lowest BCUT2D eigenvalue weighted by atomic mass is 9.96. The van der Waals surface area contributed by atoms with Crippen molar-refractivity contribution in [2.45, 2.75) is 51.5 Å². The van der Waals surface area contributed by atoms with Gasteiger partial charge in [-0.25, -0.2) is 4.98 Å². The van der Waals surface area contributed by atoms with E-state index < -0.39 is 5.91 Å². The molecule has 0 unspecified atom stereocenters. The number of para-hydroxylation sites is 2. The fraction of sp³-hybridized carbons (Fsp3) is 0.526. The summed E-state index contributed by atoms with van der Waals surface area (Å²) in [5, 5.41) is 0. The lowest BCUT2D eigenvalue weighted by molar-refractivity contribution is -0.139. The number of unbranched alkanes of at least 4 members (excludes halogenated alkanes) is 1. The number of imidazole rings is 1. The number of aromatic nitrogens is 2. The van der Waals surface area contributed by atoms with Crippen LogP contribution in [0.25, 0.3) is 11.0 Å². The summed E-state index contributed by atoms with van der Waals surface area (Å²) in [6, 6.07) is 7.84. The molecule has 2 atom stereocenters. The van der Waals surface area contributed by atoms with E-state index in [1.807, 2.05) is 29.2 Å². The van der Waals surface area contributed by atoms with Crippen LogP contribution in [0.15, 0.2) is 24.3 Å². The molecule has 0 saturated carbocycles. The number of primary amides is 1. The van der Waals surface area contributed by atoms with Crippen LogP contribution in [-0.2, 0) is 9.59 Å². The highest BCUT2D eigenvalue weighted by Gasteiger charge is 2.35. The molecule has 2 heterocycles. The van der Waals surface area contributed by atoms with Crippen LogP contribution in [0.5, 0.6) is 0 Å². The van der Waals surface area contributed by atoms with Crippen molar-refractivity contribution in [2.75, 3.05) is 6.54 Å². The van der Waals surface area contributed by atoms with Gasteiger partial charge in [-0.3, -0.25) is 9.59 Å². The quantitative estimate of drug-likeness (QED) is 0.810.